The fourth-order valence-electron chi connectivity index (χ4n) is 3.97. The van der Waals surface area contributed by atoms with E-state index in [1.54, 1.807) is 6.07 Å². The van der Waals surface area contributed by atoms with Crippen LogP contribution in [0.25, 0.3) is 11.3 Å². The molecule has 1 aromatic heterocycles. The highest BCUT2D eigenvalue weighted by atomic mass is 35.5. The second-order valence-electron chi connectivity index (χ2n) is 7.60. The van der Waals surface area contributed by atoms with Crippen molar-refractivity contribution in [2.75, 3.05) is 26.2 Å². The summed E-state index contributed by atoms with van der Waals surface area (Å²) in [7, 11) is 0. The maximum absolute atomic E-state index is 12.8. The van der Waals surface area contributed by atoms with E-state index < -0.39 is 0 Å². The monoisotopic (exact) mass is 418 g/mol. The molecular weight excluding hydrogens is 392 g/mol. The van der Waals surface area contributed by atoms with Gasteiger partial charge in [0.2, 0.25) is 11.7 Å². The second-order valence-corrected chi connectivity index (χ2v) is 7.60. The lowest BCUT2D eigenvalue weighted by atomic mass is 9.97. The van der Waals surface area contributed by atoms with Gasteiger partial charge in [0.1, 0.15) is 5.69 Å². The summed E-state index contributed by atoms with van der Waals surface area (Å²) in [5.41, 5.74) is 1.58. The van der Waals surface area contributed by atoms with E-state index in [4.69, 9.17) is 4.52 Å². The quantitative estimate of drug-likeness (QED) is 0.778. The van der Waals surface area contributed by atoms with Gasteiger partial charge >= 0.3 is 0 Å². The van der Waals surface area contributed by atoms with Gasteiger partial charge in [-0.15, -0.1) is 12.4 Å². The minimum Gasteiger partial charge on any atom is -0.354 e. The van der Waals surface area contributed by atoms with Crippen molar-refractivity contribution in [3.63, 3.8) is 0 Å². The zero-order valence-electron chi connectivity index (χ0n) is 16.3. The Hall–Kier alpha value is -2.38. The van der Waals surface area contributed by atoms with Crippen LogP contribution in [0.2, 0.25) is 0 Å². The van der Waals surface area contributed by atoms with Crippen molar-refractivity contribution in [1.82, 2.24) is 20.7 Å². The molecule has 2 aliphatic rings. The first kappa shape index (κ1) is 21.3. The van der Waals surface area contributed by atoms with Gasteiger partial charge < -0.3 is 20.1 Å². The van der Waals surface area contributed by atoms with Crippen molar-refractivity contribution in [3.8, 4) is 11.3 Å². The number of amides is 2. The number of hydrogen-bond donors (Lipinski definition) is 2. The number of aromatic nitrogens is 1. The van der Waals surface area contributed by atoms with E-state index in [1.807, 2.05) is 35.2 Å². The average Bonchev–Trinajstić information content (AvgIpc) is 3.45. The topological polar surface area (TPSA) is 87.5 Å². The van der Waals surface area contributed by atoms with Crippen molar-refractivity contribution in [2.45, 2.75) is 31.7 Å². The number of hydrogen-bond acceptors (Lipinski definition) is 5. The van der Waals surface area contributed by atoms with Gasteiger partial charge in [0, 0.05) is 31.3 Å². The standard InChI is InChI=1S/C21H26N4O3.ClH/c26-20(17-9-4-10-22-17)23-13-15-6-5-11-25(14-15)21(27)19-12-18(24-28-19)16-7-2-1-3-8-16;/h1-3,7-8,12,15,17,22H,4-6,9-11,13-14H2,(H,23,26);1H. The first-order chi connectivity index (χ1) is 13.7. The molecule has 0 radical (unpaired) electrons. The summed E-state index contributed by atoms with van der Waals surface area (Å²) in [6.45, 7) is 2.84. The van der Waals surface area contributed by atoms with E-state index >= 15 is 0 Å². The van der Waals surface area contributed by atoms with Gasteiger partial charge in [-0.3, -0.25) is 9.59 Å². The summed E-state index contributed by atoms with van der Waals surface area (Å²) in [4.78, 5) is 26.8. The summed E-state index contributed by atoms with van der Waals surface area (Å²) in [6, 6.07) is 11.3. The smallest absolute Gasteiger partial charge is 0.292 e. The lowest BCUT2D eigenvalue weighted by Crippen LogP contribution is -2.46. The first-order valence-electron chi connectivity index (χ1n) is 10.0. The molecule has 29 heavy (non-hydrogen) atoms. The number of carbonyl (C=O) groups excluding carboxylic acids is 2. The summed E-state index contributed by atoms with van der Waals surface area (Å²) in [5, 5.41) is 10.3. The maximum atomic E-state index is 12.8. The van der Waals surface area contributed by atoms with Gasteiger partial charge in [0.15, 0.2) is 0 Å². The number of carbonyl (C=O) groups is 2. The molecule has 8 heteroatoms. The van der Waals surface area contributed by atoms with Crippen molar-refractivity contribution in [2.24, 2.45) is 5.92 Å². The first-order valence-corrected chi connectivity index (χ1v) is 10.0. The fourth-order valence-corrected chi connectivity index (χ4v) is 3.97. The minimum absolute atomic E-state index is 0. The predicted octanol–water partition coefficient (Wildman–Crippen LogP) is 2.48. The van der Waals surface area contributed by atoms with E-state index in [0.717, 1.165) is 37.8 Å². The molecule has 4 rings (SSSR count). The molecule has 2 amide bonds. The molecule has 2 saturated heterocycles. The van der Waals surface area contributed by atoms with Crippen LogP contribution in [0.15, 0.2) is 40.9 Å². The summed E-state index contributed by atoms with van der Waals surface area (Å²) >= 11 is 0. The molecule has 0 bridgehead atoms. The van der Waals surface area contributed by atoms with Crippen molar-refractivity contribution in [3.05, 3.63) is 42.2 Å². The largest absolute Gasteiger partial charge is 0.354 e. The number of likely N-dealkylation sites (tertiary alicyclic amines) is 1. The molecule has 2 atom stereocenters. The van der Waals surface area contributed by atoms with E-state index in [1.165, 1.54) is 0 Å². The molecule has 2 aromatic rings. The number of piperidine rings is 1. The molecule has 3 heterocycles. The van der Waals surface area contributed by atoms with Crippen LogP contribution >= 0.6 is 12.4 Å². The Morgan fingerprint density at radius 3 is 2.79 bits per heavy atom. The molecule has 7 nitrogen and oxygen atoms in total. The van der Waals surface area contributed by atoms with E-state index in [-0.39, 0.29) is 41.9 Å². The third-order valence-electron chi connectivity index (χ3n) is 5.54. The molecule has 2 N–H and O–H groups in total. The van der Waals surface area contributed by atoms with E-state index in [0.29, 0.717) is 25.3 Å². The Morgan fingerprint density at radius 2 is 2.03 bits per heavy atom. The third kappa shape index (κ3) is 5.16. The normalized spacial score (nSPS) is 21.4. The van der Waals surface area contributed by atoms with Crippen LogP contribution in [0.1, 0.15) is 36.2 Å². The predicted molar refractivity (Wildman–Crippen MR) is 112 cm³/mol. The molecule has 156 valence electrons. The van der Waals surface area contributed by atoms with Crippen molar-refractivity contribution >= 4 is 24.2 Å². The van der Waals surface area contributed by atoms with Crippen LogP contribution in [0.3, 0.4) is 0 Å². The van der Waals surface area contributed by atoms with Gasteiger partial charge in [-0.2, -0.15) is 0 Å². The Kier molecular flexibility index (Phi) is 7.28. The molecule has 2 fully saturated rings. The molecule has 2 aliphatic heterocycles. The lowest BCUT2D eigenvalue weighted by Gasteiger charge is -2.32. The molecule has 0 saturated carbocycles. The number of nitrogens with one attached hydrogen (secondary N) is 2. The maximum Gasteiger partial charge on any atom is 0.292 e. The molecule has 0 spiro atoms. The van der Waals surface area contributed by atoms with Crippen LogP contribution in [-0.2, 0) is 4.79 Å². The van der Waals surface area contributed by atoms with Crippen LogP contribution in [0.4, 0.5) is 0 Å². The average molecular weight is 419 g/mol. The van der Waals surface area contributed by atoms with Gasteiger partial charge in [-0.1, -0.05) is 35.5 Å². The van der Waals surface area contributed by atoms with Gasteiger partial charge in [0.25, 0.3) is 5.91 Å². The summed E-state index contributed by atoms with van der Waals surface area (Å²) in [5.74, 6) is 0.463. The van der Waals surface area contributed by atoms with Gasteiger partial charge in [0.05, 0.1) is 6.04 Å². The highest BCUT2D eigenvalue weighted by Gasteiger charge is 2.28. The van der Waals surface area contributed by atoms with Gasteiger partial charge in [-0.05, 0) is 38.1 Å². The van der Waals surface area contributed by atoms with Crippen LogP contribution in [-0.4, -0.2) is 54.1 Å². The zero-order chi connectivity index (χ0) is 19.3. The Morgan fingerprint density at radius 1 is 1.21 bits per heavy atom. The van der Waals surface area contributed by atoms with Crippen molar-refractivity contribution in [1.29, 1.82) is 0 Å². The Balaban J connectivity index is 0.00000240. The number of nitrogens with zero attached hydrogens (tertiary/aromatic N) is 2. The number of halogens is 1. The Labute approximate surface area is 176 Å². The SMILES string of the molecule is Cl.O=C(NCC1CCCN(C(=O)c2cc(-c3ccccc3)no2)C1)C1CCCN1. The second kappa shape index (κ2) is 9.89. The van der Waals surface area contributed by atoms with Crippen LogP contribution in [0.5, 0.6) is 0 Å². The molecule has 1 aromatic carbocycles. The van der Waals surface area contributed by atoms with E-state index in [9.17, 15) is 9.59 Å². The Bertz CT molecular complexity index is 820. The fraction of sp³-hybridized carbons (Fsp3) is 0.476. The highest BCUT2D eigenvalue weighted by molar-refractivity contribution is 5.92. The lowest BCUT2D eigenvalue weighted by molar-refractivity contribution is -0.123. The minimum atomic E-state index is -0.136. The molecular formula is C21H27ClN4O3. The molecule has 0 aliphatic carbocycles. The van der Waals surface area contributed by atoms with Crippen LogP contribution < -0.4 is 10.6 Å². The third-order valence-corrected chi connectivity index (χ3v) is 5.54. The number of rotatable bonds is 5. The number of benzene rings is 1. The zero-order valence-corrected chi connectivity index (χ0v) is 17.1. The highest BCUT2D eigenvalue weighted by Crippen LogP contribution is 2.22. The van der Waals surface area contributed by atoms with Crippen LogP contribution in [0, 0.1) is 5.92 Å². The van der Waals surface area contributed by atoms with Crippen molar-refractivity contribution < 1.29 is 14.1 Å². The summed E-state index contributed by atoms with van der Waals surface area (Å²) < 4.78 is 5.32. The summed E-state index contributed by atoms with van der Waals surface area (Å²) in [6.07, 6.45) is 3.88. The molecule has 2 unspecified atom stereocenters. The van der Waals surface area contributed by atoms with Gasteiger partial charge in [-0.25, -0.2) is 0 Å². The van der Waals surface area contributed by atoms with E-state index in [2.05, 4.69) is 15.8 Å².